The number of hydrogen-bond donors (Lipinski definition) is 1. The average molecular weight is 265 g/mol. The molecule has 0 amide bonds. The SMILES string of the molecule is CNCC(OC1CCCC(C)C1)c1cccc(F)c1. The molecule has 0 aliphatic heterocycles. The molecule has 0 aromatic heterocycles. The zero-order chi connectivity index (χ0) is 13.7. The molecule has 0 heterocycles. The van der Waals surface area contributed by atoms with Gasteiger partial charge >= 0.3 is 0 Å². The highest BCUT2D eigenvalue weighted by molar-refractivity contribution is 5.19. The standard InChI is InChI=1S/C16H24FNO/c1-12-5-3-8-15(9-12)19-16(11-18-2)13-6-4-7-14(17)10-13/h4,6-7,10,12,15-16,18H,3,5,8-9,11H2,1-2H3. The molecule has 1 aromatic carbocycles. The lowest BCUT2D eigenvalue weighted by Gasteiger charge is -2.30. The largest absolute Gasteiger partial charge is 0.369 e. The van der Waals surface area contributed by atoms with Crippen LogP contribution in [-0.2, 0) is 4.74 Å². The summed E-state index contributed by atoms with van der Waals surface area (Å²) < 4.78 is 19.5. The summed E-state index contributed by atoms with van der Waals surface area (Å²) in [5, 5.41) is 3.14. The van der Waals surface area contributed by atoms with Crippen molar-refractivity contribution in [2.75, 3.05) is 13.6 Å². The second kappa shape index (κ2) is 7.01. The lowest BCUT2D eigenvalue weighted by atomic mass is 9.88. The van der Waals surface area contributed by atoms with E-state index >= 15 is 0 Å². The van der Waals surface area contributed by atoms with Crippen molar-refractivity contribution in [3.8, 4) is 0 Å². The molecule has 1 fully saturated rings. The summed E-state index contributed by atoms with van der Waals surface area (Å²) in [6.45, 7) is 3.00. The molecule has 19 heavy (non-hydrogen) atoms. The second-order valence-electron chi connectivity index (χ2n) is 5.63. The van der Waals surface area contributed by atoms with Gasteiger partial charge in [-0.15, -0.1) is 0 Å². The van der Waals surface area contributed by atoms with Crippen LogP contribution in [0.5, 0.6) is 0 Å². The third kappa shape index (κ3) is 4.29. The minimum atomic E-state index is -0.195. The first kappa shape index (κ1) is 14.5. The molecule has 106 valence electrons. The lowest BCUT2D eigenvalue weighted by molar-refractivity contribution is -0.0389. The van der Waals surface area contributed by atoms with Crippen molar-refractivity contribution in [3.05, 3.63) is 35.6 Å². The Labute approximate surface area is 115 Å². The summed E-state index contributed by atoms with van der Waals surface area (Å²) in [7, 11) is 1.90. The van der Waals surface area contributed by atoms with Gasteiger partial charge in [-0.1, -0.05) is 31.9 Å². The monoisotopic (exact) mass is 265 g/mol. The van der Waals surface area contributed by atoms with Gasteiger partial charge < -0.3 is 10.1 Å². The van der Waals surface area contributed by atoms with Gasteiger partial charge in [0, 0.05) is 6.54 Å². The number of benzene rings is 1. The zero-order valence-corrected chi connectivity index (χ0v) is 11.9. The van der Waals surface area contributed by atoms with Crippen molar-refractivity contribution in [1.29, 1.82) is 0 Å². The Balaban J connectivity index is 2.03. The molecule has 0 radical (unpaired) electrons. The molecule has 0 bridgehead atoms. The summed E-state index contributed by atoms with van der Waals surface area (Å²) in [6.07, 6.45) is 5.04. The molecule has 3 unspecified atom stereocenters. The highest BCUT2D eigenvalue weighted by atomic mass is 19.1. The Hall–Kier alpha value is -0.930. The Morgan fingerprint density at radius 1 is 1.42 bits per heavy atom. The molecule has 0 spiro atoms. The Morgan fingerprint density at radius 2 is 2.26 bits per heavy atom. The maximum atomic E-state index is 13.3. The van der Waals surface area contributed by atoms with Gasteiger partial charge in [0.1, 0.15) is 5.82 Å². The fourth-order valence-corrected chi connectivity index (χ4v) is 2.87. The Bertz CT molecular complexity index is 396. The number of likely N-dealkylation sites (N-methyl/N-ethyl adjacent to an activating group) is 1. The van der Waals surface area contributed by atoms with Crippen LogP contribution in [0.15, 0.2) is 24.3 Å². The van der Waals surface area contributed by atoms with E-state index in [1.54, 1.807) is 12.1 Å². The average Bonchev–Trinajstić information content (AvgIpc) is 2.38. The molecule has 1 aromatic rings. The predicted octanol–water partition coefficient (Wildman–Crippen LogP) is 3.68. The summed E-state index contributed by atoms with van der Waals surface area (Å²) in [6, 6.07) is 6.74. The zero-order valence-electron chi connectivity index (χ0n) is 11.9. The first-order chi connectivity index (χ1) is 9.19. The van der Waals surface area contributed by atoms with E-state index in [1.165, 1.54) is 18.9 Å². The molecular formula is C16H24FNO. The van der Waals surface area contributed by atoms with Crippen LogP contribution in [0.3, 0.4) is 0 Å². The van der Waals surface area contributed by atoms with Gasteiger partial charge in [-0.05, 0) is 43.5 Å². The topological polar surface area (TPSA) is 21.3 Å². The van der Waals surface area contributed by atoms with Gasteiger partial charge in [0.2, 0.25) is 0 Å². The summed E-state index contributed by atoms with van der Waals surface area (Å²) in [5.74, 6) is 0.542. The van der Waals surface area contributed by atoms with Gasteiger partial charge in [0.25, 0.3) is 0 Å². The van der Waals surface area contributed by atoms with Crippen LogP contribution in [0.1, 0.15) is 44.3 Å². The van der Waals surface area contributed by atoms with E-state index < -0.39 is 0 Å². The van der Waals surface area contributed by atoms with Crippen molar-refractivity contribution in [3.63, 3.8) is 0 Å². The smallest absolute Gasteiger partial charge is 0.123 e. The van der Waals surface area contributed by atoms with E-state index in [-0.39, 0.29) is 11.9 Å². The third-order valence-electron chi connectivity index (χ3n) is 3.85. The van der Waals surface area contributed by atoms with E-state index in [0.717, 1.165) is 24.3 Å². The summed E-state index contributed by atoms with van der Waals surface area (Å²) in [5.41, 5.74) is 0.924. The first-order valence-corrected chi connectivity index (χ1v) is 7.24. The Kier molecular flexibility index (Phi) is 5.34. The van der Waals surface area contributed by atoms with Crippen molar-refractivity contribution in [2.45, 2.75) is 44.8 Å². The van der Waals surface area contributed by atoms with E-state index in [1.807, 2.05) is 13.1 Å². The number of rotatable bonds is 5. The molecular weight excluding hydrogens is 241 g/mol. The van der Waals surface area contributed by atoms with Crippen molar-refractivity contribution in [1.82, 2.24) is 5.32 Å². The molecule has 2 rings (SSSR count). The van der Waals surface area contributed by atoms with Gasteiger partial charge in [0.15, 0.2) is 0 Å². The molecule has 3 heteroatoms. The van der Waals surface area contributed by atoms with Gasteiger partial charge in [-0.2, -0.15) is 0 Å². The van der Waals surface area contributed by atoms with Crippen LogP contribution in [-0.4, -0.2) is 19.7 Å². The number of nitrogens with one attached hydrogen (secondary N) is 1. The molecule has 0 saturated heterocycles. The third-order valence-corrected chi connectivity index (χ3v) is 3.85. The van der Waals surface area contributed by atoms with E-state index in [4.69, 9.17) is 4.74 Å². The molecule has 1 N–H and O–H groups in total. The van der Waals surface area contributed by atoms with Crippen molar-refractivity contribution in [2.24, 2.45) is 5.92 Å². The maximum absolute atomic E-state index is 13.3. The van der Waals surface area contributed by atoms with Crippen LogP contribution in [0.25, 0.3) is 0 Å². The fourth-order valence-electron chi connectivity index (χ4n) is 2.87. The summed E-state index contributed by atoms with van der Waals surface area (Å²) in [4.78, 5) is 0. The van der Waals surface area contributed by atoms with Crippen molar-refractivity contribution >= 4 is 0 Å². The van der Waals surface area contributed by atoms with Crippen LogP contribution in [0, 0.1) is 11.7 Å². The van der Waals surface area contributed by atoms with Gasteiger partial charge in [-0.3, -0.25) is 0 Å². The van der Waals surface area contributed by atoms with E-state index in [0.29, 0.717) is 12.6 Å². The van der Waals surface area contributed by atoms with E-state index in [9.17, 15) is 4.39 Å². The normalized spacial score (nSPS) is 25.2. The minimum absolute atomic E-state index is 0.0593. The lowest BCUT2D eigenvalue weighted by Crippen LogP contribution is -2.28. The minimum Gasteiger partial charge on any atom is -0.369 e. The molecule has 1 saturated carbocycles. The Morgan fingerprint density at radius 3 is 2.95 bits per heavy atom. The summed E-state index contributed by atoms with van der Waals surface area (Å²) >= 11 is 0. The van der Waals surface area contributed by atoms with Crippen LogP contribution in [0.4, 0.5) is 4.39 Å². The van der Waals surface area contributed by atoms with Gasteiger partial charge in [-0.25, -0.2) is 4.39 Å². The first-order valence-electron chi connectivity index (χ1n) is 7.24. The van der Waals surface area contributed by atoms with Crippen LogP contribution in [0.2, 0.25) is 0 Å². The molecule has 1 aliphatic carbocycles. The fraction of sp³-hybridized carbons (Fsp3) is 0.625. The predicted molar refractivity (Wildman–Crippen MR) is 75.6 cm³/mol. The number of ether oxygens (including phenoxy) is 1. The quantitative estimate of drug-likeness (QED) is 0.877. The molecule has 1 aliphatic rings. The highest BCUT2D eigenvalue weighted by Crippen LogP contribution is 2.30. The number of hydrogen-bond acceptors (Lipinski definition) is 2. The van der Waals surface area contributed by atoms with Crippen LogP contribution < -0.4 is 5.32 Å². The van der Waals surface area contributed by atoms with E-state index in [2.05, 4.69) is 12.2 Å². The van der Waals surface area contributed by atoms with Crippen LogP contribution >= 0.6 is 0 Å². The number of halogens is 1. The molecule has 3 atom stereocenters. The molecule has 2 nitrogen and oxygen atoms in total. The second-order valence-corrected chi connectivity index (χ2v) is 5.63. The van der Waals surface area contributed by atoms with Gasteiger partial charge in [0.05, 0.1) is 12.2 Å². The highest BCUT2D eigenvalue weighted by Gasteiger charge is 2.23. The maximum Gasteiger partial charge on any atom is 0.123 e. The van der Waals surface area contributed by atoms with Crippen molar-refractivity contribution < 1.29 is 9.13 Å².